The second kappa shape index (κ2) is 5.75. The molecule has 1 aromatic carbocycles. The van der Waals surface area contributed by atoms with E-state index >= 15 is 0 Å². The fourth-order valence-corrected chi connectivity index (χ4v) is 1.41. The van der Waals surface area contributed by atoms with E-state index in [9.17, 15) is 13.2 Å². The summed E-state index contributed by atoms with van der Waals surface area (Å²) in [7, 11) is 0. The molecule has 0 heterocycles. The summed E-state index contributed by atoms with van der Waals surface area (Å²) >= 11 is 8.94. The third-order valence-electron chi connectivity index (χ3n) is 1.50. The Morgan fingerprint density at radius 3 is 2.56 bits per heavy atom. The van der Waals surface area contributed by atoms with Gasteiger partial charge in [-0.1, -0.05) is 27.5 Å². The van der Waals surface area contributed by atoms with E-state index in [1.165, 1.54) is 0 Å². The minimum atomic E-state index is -4.63. The smallest absolute Gasteiger partial charge is 0.490 e. The van der Waals surface area contributed by atoms with Gasteiger partial charge < -0.3 is 4.74 Å². The number of benzene rings is 1. The summed E-state index contributed by atoms with van der Waals surface area (Å²) in [5.41, 5.74) is 0. The van der Waals surface area contributed by atoms with Crippen LogP contribution in [0.2, 0.25) is 5.02 Å². The lowest BCUT2D eigenvalue weighted by Gasteiger charge is -2.10. The SMILES string of the molecule is FC(F)(F)OCCOc1cc(Br)ccc1Cl. The molecule has 0 unspecified atom stereocenters. The third kappa shape index (κ3) is 5.05. The average molecular weight is 320 g/mol. The molecule has 0 amide bonds. The highest BCUT2D eigenvalue weighted by Crippen LogP contribution is 2.27. The van der Waals surface area contributed by atoms with Crippen molar-refractivity contribution in [3.05, 3.63) is 27.7 Å². The van der Waals surface area contributed by atoms with Gasteiger partial charge in [0, 0.05) is 4.47 Å². The lowest BCUT2D eigenvalue weighted by molar-refractivity contribution is -0.325. The molecule has 0 radical (unpaired) electrons. The first-order valence-electron chi connectivity index (χ1n) is 4.17. The second-order valence-electron chi connectivity index (χ2n) is 2.72. The topological polar surface area (TPSA) is 18.5 Å². The van der Waals surface area contributed by atoms with Crippen molar-refractivity contribution in [3.8, 4) is 5.75 Å². The zero-order chi connectivity index (χ0) is 12.2. The minimum absolute atomic E-state index is 0.227. The minimum Gasteiger partial charge on any atom is -0.490 e. The molecule has 7 heteroatoms. The zero-order valence-corrected chi connectivity index (χ0v) is 10.2. The summed E-state index contributed by atoms with van der Waals surface area (Å²) in [6, 6.07) is 4.84. The van der Waals surface area contributed by atoms with Crippen LogP contribution < -0.4 is 4.74 Å². The van der Waals surface area contributed by atoms with Crippen LogP contribution in [0, 0.1) is 0 Å². The van der Waals surface area contributed by atoms with E-state index in [4.69, 9.17) is 16.3 Å². The molecule has 0 bridgehead atoms. The van der Waals surface area contributed by atoms with Crippen LogP contribution in [0.1, 0.15) is 0 Å². The van der Waals surface area contributed by atoms with Gasteiger partial charge in [-0.3, -0.25) is 4.74 Å². The van der Waals surface area contributed by atoms with Gasteiger partial charge in [0.2, 0.25) is 0 Å². The van der Waals surface area contributed by atoms with Crippen LogP contribution >= 0.6 is 27.5 Å². The van der Waals surface area contributed by atoms with Gasteiger partial charge in [-0.2, -0.15) is 0 Å². The van der Waals surface area contributed by atoms with Gasteiger partial charge in [-0.25, -0.2) is 0 Å². The number of alkyl halides is 3. The van der Waals surface area contributed by atoms with Gasteiger partial charge in [0.1, 0.15) is 12.4 Å². The first kappa shape index (κ1) is 13.6. The van der Waals surface area contributed by atoms with Crippen LogP contribution in [-0.2, 0) is 4.74 Å². The Bertz CT molecular complexity index is 357. The summed E-state index contributed by atoms with van der Waals surface area (Å²) in [5.74, 6) is 0.307. The summed E-state index contributed by atoms with van der Waals surface area (Å²) in [6.45, 7) is -0.804. The van der Waals surface area contributed by atoms with E-state index in [0.717, 1.165) is 4.47 Å². The Morgan fingerprint density at radius 2 is 1.94 bits per heavy atom. The van der Waals surface area contributed by atoms with E-state index in [-0.39, 0.29) is 6.61 Å². The Labute approximate surface area is 103 Å². The van der Waals surface area contributed by atoms with E-state index in [1.54, 1.807) is 18.2 Å². The number of hydrogen-bond acceptors (Lipinski definition) is 2. The molecule has 1 aromatic rings. The van der Waals surface area contributed by atoms with Crippen molar-refractivity contribution in [2.75, 3.05) is 13.2 Å². The van der Waals surface area contributed by atoms with Crippen molar-refractivity contribution < 1.29 is 22.6 Å². The van der Waals surface area contributed by atoms with Crippen LogP contribution in [0.25, 0.3) is 0 Å². The molecule has 0 saturated heterocycles. The molecule has 1 rings (SSSR count). The molecule has 0 aliphatic heterocycles. The Balaban J connectivity index is 2.40. The van der Waals surface area contributed by atoms with Gasteiger partial charge in [-0.05, 0) is 18.2 Å². The quantitative estimate of drug-likeness (QED) is 0.781. The van der Waals surface area contributed by atoms with Gasteiger partial charge in [0.05, 0.1) is 11.6 Å². The van der Waals surface area contributed by atoms with Crippen molar-refractivity contribution in [1.82, 2.24) is 0 Å². The molecular formula is C9H7BrClF3O2. The van der Waals surface area contributed by atoms with Crippen LogP contribution in [0.4, 0.5) is 13.2 Å². The largest absolute Gasteiger partial charge is 0.522 e. The summed E-state index contributed by atoms with van der Waals surface area (Å²) < 4.78 is 44.1. The molecule has 0 atom stereocenters. The normalized spacial score (nSPS) is 11.6. The van der Waals surface area contributed by atoms with Crippen LogP contribution in [0.15, 0.2) is 22.7 Å². The van der Waals surface area contributed by atoms with Gasteiger partial charge in [-0.15, -0.1) is 13.2 Å². The molecule has 2 nitrogen and oxygen atoms in total. The lowest BCUT2D eigenvalue weighted by Crippen LogP contribution is -2.18. The fourth-order valence-electron chi connectivity index (χ4n) is 0.897. The van der Waals surface area contributed by atoms with E-state index in [1.807, 2.05) is 0 Å². The van der Waals surface area contributed by atoms with Crippen LogP contribution in [0.5, 0.6) is 5.75 Å². The lowest BCUT2D eigenvalue weighted by atomic mass is 10.3. The number of rotatable bonds is 4. The molecule has 90 valence electrons. The molecule has 0 aliphatic carbocycles. The second-order valence-corrected chi connectivity index (χ2v) is 4.04. The Hall–Kier alpha value is -0.460. The first-order chi connectivity index (χ1) is 7.38. The Kier molecular flexibility index (Phi) is 4.89. The predicted molar refractivity (Wildman–Crippen MR) is 56.7 cm³/mol. The van der Waals surface area contributed by atoms with Crippen molar-refractivity contribution in [2.24, 2.45) is 0 Å². The predicted octanol–water partition coefficient (Wildman–Crippen LogP) is 4.02. The maximum absolute atomic E-state index is 11.6. The van der Waals surface area contributed by atoms with Gasteiger partial charge in [0.15, 0.2) is 0 Å². The van der Waals surface area contributed by atoms with E-state index in [0.29, 0.717) is 10.8 Å². The molecule has 0 fully saturated rings. The van der Waals surface area contributed by atoms with Gasteiger partial charge >= 0.3 is 6.36 Å². The zero-order valence-electron chi connectivity index (χ0n) is 7.85. The fraction of sp³-hybridized carbons (Fsp3) is 0.333. The van der Waals surface area contributed by atoms with E-state index in [2.05, 4.69) is 20.7 Å². The highest BCUT2D eigenvalue weighted by Gasteiger charge is 2.28. The highest BCUT2D eigenvalue weighted by atomic mass is 79.9. The van der Waals surface area contributed by atoms with Crippen molar-refractivity contribution in [1.29, 1.82) is 0 Å². The maximum atomic E-state index is 11.6. The van der Waals surface area contributed by atoms with Crippen molar-refractivity contribution in [3.63, 3.8) is 0 Å². The summed E-state index contributed by atoms with van der Waals surface area (Å²) in [6.07, 6.45) is -4.63. The molecule has 0 saturated carbocycles. The molecular weight excluding hydrogens is 312 g/mol. The number of ether oxygens (including phenoxy) is 2. The van der Waals surface area contributed by atoms with Crippen molar-refractivity contribution >= 4 is 27.5 Å². The molecule has 0 spiro atoms. The third-order valence-corrected chi connectivity index (χ3v) is 2.31. The van der Waals surface area contributed by atoms with Gasteiger partial charge in [0.25, 0.3) is 0 Å². The summed E-state index contributed by atoms with van der Waals surface area (Å²) in [4.78, 5) is 0. The summed E-state index contributed by atoms with van der Waals surface area (Å²) in [5, 5.41) is 0.329. The van der Waals surface area contributed by atoms with Crippen molar-refractivity contribution in [2.45, 2.75) is 6.36 Å². The molecule has 0 N–H and O–H groups in total. The average Bonchev–Trinajstić information content (AvgIpc) is 2.16. The molecule has 16 heavy (non-hydrogen) atoms. The number of hydrogen-bond donors (Lipinski definition) is 0. The Morgan fingerprint density at radius 1 is 1.25 bits per heavy atom. The maximum Gasteiger partial charge on any atom is 0.522 e. The number of halogens is 5. The van der Waals surface area contributed by atoms with Crippen LogP contribution in [0.3, 0.4) is 0 Å². The van der Waals surface area contributed by atoms with E-state index < -0.39 is 13.0 Å². The van der Waals surface area contributed by atoms with Crippen LogP contribution in [-0.4, -0.2) is 19.6 Å². The monoisotopic (exact) mass is 318 g/mol. The standard InChI is InChI=1S/C9H7BrClF3O2/c10-6-1-2-7(11)8(5-6)15-3-4-16-9(12,13)14/h1-2,5H,3-4H2. The molecule has 0 aliphatic rings. The molecule has 0 aromatic heterocycles. The highest BCUT2D eigenvalue weighted by molar-refractivity contribution is 9.10. The first-order valence-corrected chi connectivity index (χ1v) is 5.34.